The van der Waals surface area contributed by atoms with E-state index in [1.54, 1.807) is 0 Å². The van der Waals surface area contributed by atoms with Crippen molar-refractivity contribution in [3.8, 4) is 0 Å². The molecule has 0 unspecified atom stereocenters. The second-order valence-corrected chi connectivity index (χ2v) is 3.87. The fourth-order valence-electron chi connectivity index (χ4n) is 0.890. The van der Waals surface area contributed by atoms with Gasteiger partial charge in [0.05, 0.1) is 19.1 Å². The number of rotatable bonds is 6. The van der Waals surface area contributed by atoms with Crippen LogP contribution >= 0.6 is 0 Å². The molecule has 0 aliphatic rings. The van der Waals surface area contributed by atoms with Gasteiger partial charge in [0.25, 0.3) is 0 Å². The van der Waals surface area contributed by atoms with E-state index in [0.717, 1.165) is 5.57 Å². The minimum atomic E-state index is -0.241. The quantitative estimate of drug-likeness (QED) is 0.305. The summed E-state index contributed by atoms with van der Waals surface area (Å²) in [7, 11) is 0. The first-order valence-electron chi connectivity index (χ1n) is 5.29. The van der Waals surface area contributed by atoms with Crippen molar-refractivity contribution in [1.82, 2.24) is 5.32 Å². The van der Waals surface area contributed by atoms with E-state index < -0.39 is 0 Å². The van der Waals surface area contributed by atoms with E-state index in [2.05, 4.69) is 16.9 Å². The molecule has 0 amide bonds. The van der Waals surface area contributed by atoms with E-state index in [-0.39, 0.29) is 18.5 Å². The summed E-state index contributed by atoms with van der Waals surface area (Å²) in [5.74, 6) is 0.0792. The number of nitrogens with one attached hydrogen (secondary N) is 1. The molecule has 0 saturated carbocycles. The molecule has 0 aromatic carbocycles. The van der Waals surface area contributed by atoms with E-state index in [9.17, 15) is 4.79 Å². The molecule has 0 atom stereocenters. The average Bonchev–Trinajstić information content (AvgIpc) is 2.13. The van der Waals surface area contributed by atoms with E-state index in [4.69, 9.17) is 10.5 Å². The van der Waals surface area contributed by atoms with Crippen molar-refractivity contribution < 1.29 is 9.53 Å². The van der Waals surface area contributed by atoms with E-state index >= 15 is 0 Å². The SMILES string of the molecule is C=C(C)CN=C(N)NCCC(=O)OC(C)C. The van der Waals surface area contributed by atoms with Crippen LogP contribution in [0, 0.1) is 0 Å². The highest BCUT2D eigenvalue weighted by molar-refractivity contribution is 5.78. The maximum atomic E-state index is 11.1. The van der Waals surface area contributed by atoms with Crippen molar-refractivity contribution in [2.75, 3.05) is 13.1 Å². The Kier molecular flexibility index (Phi) is 7.00. The number of nitrogens with two attached hydrogens (primary N) is 1. The summed E-state index contributed by atoms with van der Waals surface area (Å²) >= 11 is 0. The summed E-state index contributed by atoms with van der Waals surface area (Å²) in [6, 6.07) is 0. The van der Waals surface area contributed by atoms with E-state index in [1.165, 1.54) is 0 Å². The predicted molar refractivity (Wildman–Crippen MR) is 65.2 cm³/mol. The summed E-state index contributed by atoms with van der Waals surface area (Å²) in [5, 5.41) is 2.83. The first-order chi connectivity index (χ1) is 7.41. The third kappa shape index (κ3) is 9.05. The normalized spacial score (nSPS) is 11.4. The molecule has 5 heteroatoms. The zero-order valence-electron chi connectivity index (χ0n) is 10.2. The summed E-state index contributed by atoms with van der Waals surface area (Å²) in [5.41, 5.74) is 6.49. The van der Waals surface area contributed by atoms with Crippen LogP contribution in [-0.4, -0.2) is 31.1 Å². The van der Waals surface area contributed by atoms with Gasteiger partial charge in [0.2, 0.25) is 0 Å². The van der Waals surface area contributed by atoms with Gasteiger partial charge in [-0.1, -0.05) is 12.2 Å². The number of hydrogen-bond acceptors (Lipinski definition) is 3. The van der Waals surface area contributed by atoms with Crippen molar-refractivity contribution in [2.45, 2.75) is 33.3 Å². The molecule has 0 rings (SSSR count). The van der Waals surface area contributed by atoms with Crippen LogP contribution in [0.5, 0.6) is 0 Å². The number of esters is 1. The largest absolute Gasteiger partial charge is 0.463 e. The van der Waals surface area contributed by atoms with Crippen molar-refractivity contribution in [1.29, 1.82) is 0 Å². The number of nitrogens with zero attached hydrogens (tertiary/aromatic N) is 1. The predicted octanol–water partition coefficient (Wildman–Crippen LogP) is 0.808. The highest BCUT2D eigenvalue weighted by Crippen LogP contribution is 1.92. The van der Waals surface area contributed by atoms with Gasteiger partial charge in [-0.05, 0) is 20.8 Å². The third-order valence-corrected chi connectivity index (χ3v) is 1.52. The Labute approximate surface area is 96.8 Å². The van der Waals surface area contributed by atoms with E-state index in [0.29, 0.717) is 19.0 Å². The molecule has 92 valence electrons. The Bertz CT molecular complexity index is 272. The third-order valence-electron chi connectivity index (χ3n) is 1.52. The molecule has 0 aliphatic carbocycles. The van der Waals surface area contributed by atoms with Crippen molar-refractivity contribution in [3.63, 3.8) is 0 Å². The lowest BCUT2D eigenvalue weighted by atomic mass is 10.4. The average molecular weight is 227 g/mol. The zero-order chi connectivity index (χ0) is 12.6. The smallest absolute Gasteiger partial charge is 0.307 e. The van der Waals surface area contributed by atoms with Gasteiger partial charge in [0.1, 0.15) is 0 Å². The molecule has 0 heterocycles. The van der Waals surface area contributed by atoms with Crippen molar-refractivity contribution in [3.05, 3.63) is 12.2 Å². The van der Waals surface area contributed by atoms with Gasteiger partial charge in [0, 0.05) is 6.54 Å². The lowest BCUT2D eigenvalue weighted by Crippen LogP contribution is -2.33. The molecule has 0 bridgehead atoms. The van der Waals surface area contributed by atoms with E-state index in [1.807, 2.05) is 20.8 Å². The molecule has 0 aromatic rings. The zero-order valence-corrected chi connectivity index (χ0v) is 10.2. The van der Waals surface area contributed by atoms with Crippen LogP contribution in [0.4, 0.5) is 0 Å². The molecule has 0 radical (unpaired) electrons. The summed E-state index contributed by atoms with van der Waals surface area (Å²) < 4.78 is 4.96. The first-order valence-corrected chi connectivity index (χ1v) is 5.29. The summed E-state index contributed by atoms with van der Waals surface area (Å²) in [6.45, 7) is 10.1. The molecule has 0 fully saturated rings. The van der Waals surface area contributed by atoms with Crippen LogP contribution < -0.4 is 11.1 Å². The fraction of sp³-hybridized carbons (Fsp3) is 0.636. The van der Waals surface area contributed by atoms with Crippen LogP contribution in [0.3, 0.4) is 0 Å². The first kappa shape index (κ1) is 14.5. The Balaban J connectivity index is 3.69. The van der Waals surface area contributed by atoms with Gasteiger partial charge in [0.15, 0.2) is 5.96 Å². The van der Waals surface area contributed by atoms with Crippen LogP contribution in [0.25, 0.3) is 0 Å². The Hall–Kier alpha value is -1.52. The van der Waals surface area contributed by atoms with Crippen LogP contribution in [-0.2, 0) is 9.53 Å². The number of carbonyl (C=O) groups excluding carboxylic acids is 1. The highest BCUT2D eigenvalue weighted by Gasteiger charge is 2.04. The molecule has 0 aliphatic heterocycles. The summed E-state index contributed by atoms with van der Waals surface area (Å²) in [4.78, 5) is 15.2. The maximum Gasteiger partial charge on any atom is 0.307 e. The molecule has 0 saturated heterocycles. The monoisotopic (exact) mass is 227 g/mol. The molecular formula is C11H21N3O2. The molecule has 5 nitrogen and oxygen atoms in total. The number of ether oxygens (including phenoxy) is 1. The van der Waals surface area contributed by atoms with Gasteiger partial charge < -0.3 is 15.8 Å². The van der Waals surface area contributed by atoms with Gasteiger partial charge in [-0.3, -0.25) is 4.79 Å². The molecular weight excluding hydrogens is 206 g/mol. The standard InChI is InChI=1S/C11H21N3O2/c1-8(2)7-14-11(12)13-6-5-10(15)16-9(3)4/h9H,1,5-7H2,2-4H3,(H3,12,13,14). The minimum Gasteiger partial charge on any atom is -0.463 e. The minimum absolute atomic E-state index is 0.0815. The fourth-order valence-corrected chi connectivity index (χ4v) is 0.890. The molecule has 3 N–H and O–H groups in total. The maximum absolute atomic E-state index is 11.1. The van der Waals surface area contributed by atoms with Gasteiger partial charge in [-0.15, -0.1) is 0 Å². The number of aliphatic imine (C=N–C) groups is 1. The topological polar surface area (TPSA) is 76.7 Å². The highest BCUT2D eigenvalue weighted by atomic mass is 16.5. The van der Waals surface area contributed by atoms with Gasteiger partial charge >= 0.3 is 5.97 Å². The second kappa shape index (κ2) is 7.73. The van der Waals surface area contributed by atoms with Crippen LogP contribution in [0.15, 0.2) is 17.1 Å². The lowest BCUT2D eigenvalue weighted by molar-refractivity contribution is -0.147. The van der Waals surface area contributed by atoms with Crippen molar-refractivity contribution >= 4 is 11.9 Å². The number of hydrogen-bond donors (Lipinski definition) is 2. The molecule has 16 heavy (non-hydrogen) atoms. The van der Waals surface area contributed by atoms with Crippen molar-refractivity contribution in [2.24, 2.45) is 10.7 Å². The molecule has 0 spiro atoms. The van der Waals surface area contributed by atoms with Gasteiger partial charge in [-0.25, -0.2) is 4.99 Å². The second-order valence-electron chi connectivity index (χ2n) is 3.87. The Morgan fingerprint density at radius 3 is 2.69 bits per heavy atom. The Morgan fingerprint density at radius 2 is 2.19 bits per heavy atom. The Morgan fingerprint density at radius 1 is 1.56 bits per heavy atom. The number of guanidine groups is 1. The van der Waals surface area contributed by atoms with Crippen LogP contribution in [0.1, 0.15) is 27.2 Å². The van der Waals surface area contributed by atoms with Crippen LogP contribution in [0.2, 0.25) is 0 Å². The van der Waals surface area contributed by atoms with Gasteiger partial charge in [-0.2, -0.15) is 0 Å². The lowest BCUT2D eigenvalue weighted by Gasteiger charge is -2.08. The number of carbonyl (C=O) groups is 1. The molecule has 0 aromatic heterocycles. The summed E-state index contributed by atoms with van der Waals surface area (Å²) in [6.07, 6.45) is 0.198.